The third kappa shape index (κ3) is 4.50. The fourth-order valence-corrected chi connectivity index (χ4v) is 2.89. The first-order valence-corrected chi connectivity index (χ1v) is 8.28. The van der Waals surface area contributed by atoms with Crippen LogP contribution < -0.4 is 5.32 Å². The van der Waals surface area contributed by atoms with E-state index in [9.17, 15) is 35.5 Å². The van der Waals surface area contributed by atoms with E-state index in [4.69, 9.17) is 0 Å². The molecule has 29 heavy (non-hydrogen) atoms. The number of benzene rings is 1. The maximum Gasteiger partial charge on any atom is 0.434 e. The predicted molar refractivity (Wildman–Crippen MR) is 87.5 cm³/mol. The van der Waals surface area contributed by atoms with E-state index in [0.717, 1.165) is 30.5 Å². The third-order valence-electron chi connectivity index (χ3n) is 3.50. The second-order valence-corrected chi connectivity index (χ2v) is 6.21. The van der Waals surface area contributed by atoms with Crippen LogP contribution >= 0.6 is 11.5 Å². The van der Waals surface area contributed by atoms with Crippen LogP contribution in [-0.4, -0.2) is 20.2 Å². The van der Waals surface area contributed by atoms with Crippen molar-refractivity contribution in [2.24, 2.45) is 0 Å². The van der Waals surface area contributed by atoms with Crippen molar-refractivity contribution in [2.75, 3.05) is 5.32 Å². The summed E-state index contributed by atoms with van der Waals surface area (Å²) in [6.45, 7) is 0. The number of hydrogen-bond acceptors (Lipinski definition) is 5. The number of pyridine rings is 1. The highest BCUT2D eigenvalue weighted by atomic mass is 32.1. The van der Waals surface area contributed by atoms with Crippen LogP contribution in [0.15, 0.2) is 36.5 Å². The Morgan fingerprint density at radius 2 is 1.76 bits per heavy atom. The van der Waals surface area contributed by atoms with Gasteiger partial charge in [-0.05, 0) is 30.3 Å². The largest absolute Gasteiger partial charge is 0.434 e. The molecule has 1 aromatic carbocycles. The number of hydrogen-bond donors (Lipinski definition) is 1. The smallest absolute Gasteiger partial charge is 0.297 e. The van der Waals surface area contributed by atoms with Crippen LogP contribution in [0.3, 0.4) is 0 Å². The van der Waals surface area contributed by atoms with Crippen molar-refractivity contribution >= 4 is 22.6 Å². The molecule has 13 heteroatoms. The summed E-state index contributed by atoms with van der Waals surface area (Å²) in [7, 11) is 0. The fraction of sp³-hybridized carbons (Fsp3) is 0.125. The molecule has 2 heterocycles. The minimum absolute atomic E-state index is 0.264. The number of halogens is 7. The first-order chi connectivity index (χ1) is 13.5. The molecular formula is C16H7F7N4OS. The second kappa shape index (κ2) is 7.39. The average molecular weight is 436 g/mol. The lowest BCUT2D eigenvalue weighted by molar-refractivity contribution is -0.141. The Bertz CT molecular complexity index is 1060. The number of aromatic nitrogens is 3. The highest BCUT2D eigenvalue weighted by Gasteiger charge is 2.37. The highest BCUT2D eigenvalue weighted by molar-refractivity contribution is 7.10. The zero-order chi connectivity index (χ0) is 21.4. The van der Waals surface area contributed by atoms with Crippen molar-refractivity contribution in [1.82, 2.24) is 14.3 Å². The summed E-state index contributed by atoms with van der Waals surface area (Å²) in [6, 6.07) is 3.85. The van der Waals surface area contributed by atoms with Crippen LogP contribution in [0.2, 0.25) is 0 Å². The minimum Gasteiger partial charge on any atom is -0.297 e. The summed E-state index contributed by atoms with van der Waals surface area (Å²) < 4.78 is 95.1. The molecule has 5 nitrogen and oxygen atoms in total. The van der Waals surface area contributed by atoms with Crippen molar-refractivity contribution in [2.45, 2.75) is 12.4 Å². The summed E-state index contributed by atoms with van der Waals surface area (Å²) in [4.78, 5) is 19.0. The Hall–Kier alpha value is -3.09. The molecular weight excluding hydrogens is 429 g/mol. The quantitative estimate of drug-likeness (QED) is 0.585. The zero-order valence-electron chi connectivity index (χ0n) is 13.8. The molecule has 2 aromatic heterocycles. The van der Waals surface area contributed by atoms with Gasteiger partial charge in [-0.25, -0.2) is 4.39 Å². The summed E-state index contributed by atoms with van der Waals surface area (Å²) >= 11 is 0.448. The lowest BCUT2D eigenvalue weighted by atomic mass is 10.1. The Morgan fingerprint density at radius 1 is 1.03 bits per heavy atom. The van der Waals surface area contributed by atoms with E-state index in [1.54, 1.807) is 0 Å². The van der Waals surface area contributed by atoms with Gasteiger partial charge in [0.2, 0.25) is 5.13 Å². The molecule has 0 fully saturated rings. The Balaban J connectivity index is 1.91. The van der Waals surface area contributed by atoms with Gasteiger partial charge in [-0.15, -0.1) is 0 Å². The van der Waals surface area contributed by atoms with Crippen LogP contribution in [0, 0.1) is 5.82 Å². The SMILES string of the molecule is O=C(Nc1nc(-c2ccc(F)cc2C(F)(F)F)ns1)c1cccnc1C(F)(F)F. The van der Waals surface area contributed by atoms with Crippen LogP contribution in [-0.2, 0) is 12.4 Å². The van der Waals surface area contributed by atoms with Crippen LogP contribution in [0.1, 0.15) is 21.6 Å². The average Bonchev–Trinajstić information content (AvgIpc) is 3.08. The van der Waals surface area contributed by atoms with E-state index >= 15 is 0 Å². The standard InChI is InChI=1S/C16H7F7N4OS/c17-7-3-4-8(10(6-7)15(18,19)20)12-25-14(29-27-12)26-13(28)9-2-1-5-24-11(9)16(21,22)23/h1-6H,(H,25,26,27,28). The van der Waals surface area contributed by atoms with Gasteiger partial charge in [0.25, 0.3) is 5.91 Å². The molecule has 0 saturated heterocycles. The first kappa shape index (κ1) is 20.6. The Kier molecular flexibility index (Phi) is 5.26. The van der Waals surface area contributed by atoms with Crippen molar-refractivity contribution < 1.29 is 35.5 Å². The highest BCUT2D eigenvalue weighted by Crippen LogP contribution is 2.37. The number of amides is 1. The van der Waals surface area contributed by atoms with Gasteiger partial charge in [-0.1, -0.05) is 0 Å². The topological polar surface area (TPSA) is 67.8 Å². The summed E-state index contributed by atoms with van der Waals surface area (Å²) in [5.74, 6) is -2.82. The molecule has 0 aliphatic rings. The van der Waals surface area contributed by atoms with Gasteiger partial charge in [0.1, 0.15) is 5.82 Å². The van der Waals surface area contributed by atoms with E-state index < -0.39 is 52.3 Å². The van der Waals surface area contributed by atoms with Gasteiger partial charge in [0.05, 0.1) is 11.1 Å². The number of carbonyl (C=O) groups is 1. The van der Waals surface area contributed by atoms with Gasteiger partial charge < -0.3 is 0 Å². The van der Waals surface area contributed by atoms with Gasteiger partial charge in [-0.3, -0.25) is 15.1 Å². The van der Waals surface area contributed by atoms with Crippen molar-refractivity contribution in [3.05, 3.63) is 59.2 Å². The monoisotopic (exact) mass is 436 g/mol. The molecule has 0 atom stereocenters. The van der Waals surface area contributed by atoms with Gasteiger partial charge in [-0.2, -0.15) is 35.7 Å². The summed E-state index contributed by atoms with van der Waals surface area (Å²) in [6.07, 6.45) is -8.94. The van der Waals surface area contributed by atoms with Gasteiger partial charge >= 0.3 is 12.4 Å². The molecule has 0 radical (unpaired) electrons. The first-order valence-electron chi connectivity index (χ1n) is 7.51. The van der Waals surface area contributed by atoms with E-state index in [1.165, 1.54) is 0 Å². The number of alkyl halides is 6. The zero-order valence-corrected chi connectivity index (χ0v) is 14.6. The van der Waals surface area contributed by atoms with Crippen molar-refractivity contribution in [3.63, 3.8) is 0 Å². The fourth-order valence-electron chi connectivity index (χ4n) is 2.31. The number of carbonyl (C=O) groups excluding carboxylic acids is 1. The molecule has 0 aliphatic carbocycles. The molecule has 0 unspecified atom stereocenters. The maximum absolute atomic E-state index is 13.2. The number of anilines is 1. The molecule has 0 saturated carbocycles. The van der Waals surface area contributed by atoms with Crippen molar-refractivity contribution in [3.8, 4) is 11.4 Å². The number of rotatable bonds is 3. The molecule has 0 aliphatic heterocycles. The number of nitrogens with zero attached hydrogens (tertiary/aromatic N) is 3. The summed E-state index contributed by atoms with van der Waals surface area (Å²) in [5.41, 5.74) is -4.11. The Labute approximate surface area is 161 Å². The minimum atomic E-state index is -4.90. The second-order valence-electron chi connectivity index (χ2n) is 5.46. The van der Waals surface area contributed by atoms with E-state index in [1.807, 2.05) is 5.32 Å². The van der Waals surface area contributed by atoms with Crippen LogP contribution in [0.5, 0.6) is 0 Å². The van der Waals surface area contributed by atoms with Crippen molar-refractivity contribution in [1.29, 1.82) is 0 Å². The number of nitrogens with one attached hydrogen (secondary N) is 1. The molecule has 1 amide bonds. The predicted octanol–water partition coefficient (Wildman–Crippen LogP) is 5.03. The molecule has 0 bridgehead atoms. The van der Waals surface area contributed by atoms with E-state index in [0.29, 0.717) is 11.5 Å². The molecule has 3 rings (SSSR count). The van der Waals surface area contributed by atoms with Crippen LogP contribution in [0.25, 0.3) is 11.4 Å². The molecule has 3 aromatic rings. The summed E-state index contributed by atoms with van der Waals surface area (Å²) in [5, 5.41) is 1.69. The molecule has 1 N–H and O–H groups in total. The van der Waals surface area contributed by atoms with Crippen LogP contribution in [0.4, 0.5) is 35.9 Å². The van der Waals surface area contributed by atoms with E-state index in [2.05, 4.69) is 14.3 Å². The van der Waals surface area contributed by atoms with Gasteiger partial charge in [0, 0.05) is 23.3 Å². The maximum atomic E-state index is 13.2. The normalized spacial score (nSPS) is 12.1. The van der Waals surface area contributed by atoms with E-state index in [-0.39, 0.29) is 11.2 Å². The lowest BCUT2D eigenvalue weighted by Gasteiger charge is -2.11. The Morgan fingerprint density at radius 3 is 2.41 bits per heavy atom. The molecule has 0 spiro atoms. The van der Waals surface area contributed by atoms with Gasteiger partial charge in [0.15, 0.2) is 11.5 Å². The lowest BCUT2D eigenvalue weighted by Crippen LogP contribution is -2.20. The third-order valence-corrected chi connectivity index (χ3v) is 4.13. The molecule has 152 valence electrons.